The van der Waals surface area contributed by atoms with E-state index in [1.165, 1.54) is 12.8 Å². The predicted molar refractivity (Wildman–Crippen MR) is 60.3 cm³/mol. The second-order valence-corrected chi connectivity index (χ2v) is 5.62. The molecule has 4 nitrogen and oxygen atoms in total. The van der Waals surface area contributed by atoms with Crippen molar-refractivity contribution in [2.45, 2.75) is 44.4 Å². The fraction of sp³-hybridized carbons (Fsp3) is 0.833. The summed E-state index contributed by atoms with van der Waals surface area (Å²) in [5.74, 6) is 3.04. The third-order valence-electron chi connectivity index (χ3n) is 4.00. The van der Waals surface area contributed by atoms with E-state index in [9.17, 15) is 0 Å². The summed E-state index contributed by atoms with van der Waals surface area (Å²) in [6.45, 7) is 6.52. The number of nitrogens with one attached hydrogen (secondary N) is 1. The lowest BCUT2D eigenvalue weighted by atomic mass is 9.83. The van der Waals surface area contributed by atoms with Crippen molar-refractivity contribution in [3.8, 4) is 0 Å². The first-order valence-corrected chi connectivity index (χ1v) is 6.24. The minimum absolute atomic E-state index is 0.0433. The van der Waals surface area contributed by atoms with Gasteiger partial charge in [-0.25, -0.2) is 0 Å². The van der Waals surface area contributed by atoms with E-state index in [0.29, 0.717) is 5.92 Å². The SMILES string of the molecule is CC1CC1c1noc(C2(C)CCCNC2)n1. The summed E-state index contributed by atoms with van der Waals surface area (Å²) in [4.78, 5) is 4.60. The fourth-order valence-corrected chi connectivity index (χ4v) is 2.55. The molecule has 1 saturated heterocycles. The van der Waals surface area contributed by atoms with Crippen LogP contribution in [0, 0.1) is 5.92 Å². The molecule has 3 atom stereocenters. The number of rotatable bonds is 2. The van der Waals surface area contributed by atoms with E-state index < -0.39 is 0 Å². The Bertz CT molecular complexity index is 381. The molecule has 1 saturated carbocycles. The Labute approximate surface area is 95.8 Å². The van der Waals surface area contributed by atoms with Crippen molar-refractivity contribution < 1.29 is 4.52 Å². The first-order chi connectivity index (χ1) is 7.69. The standard InChI is InChI=1S/C12H19N3O/c1-8-6-9(8)10-14-11(16-15-10)12(2)4-3-5-13-7-12/h8-9,13H,3-7H2,1-2H3. The smallest absolute Gasteiger partial charge is 0.233 e. The van der Waals surface area contributed by atoms with Gasteiger partial charge in [0.05, 0.1) is 5.41 Å². The van der Waals surface area contributed by atoms with Crippen LogP contribution in [0.15, 0.2) is 4.52 Å². The van der Waals surface area contributed by atoms with Crippen LogP contribution in [0.5, 0.6) is 0 Å². The molecule has 3 unspecified atom stereocenters. The van der Waals surface area contributed by atoms with Gasteiger partial charge in [-0.3, -0.25) is 0 Å². The van der Waals surface area contributed by atoms with E-state index in [1.807, 2.05) is 0 Å². The van der Waals surface area contributed by atoms with Gasteiger partial charge in [-0.1, -0.05) is 12.1 Å². The maximum absolute atomic E-state index is 5.46. The first kappa shape index (κ1) is 10.3. The van der Waals surface area contributed by atoms with Crippen molar-refractivity contribution >= 4 is 0 Å². The number of nitrogens with zero attached hydrogens (tertiary/aromatic N) is 2. The van der Waals surface area contributed by atoms with Crippen LogP contribution in [0.3, 0.4) is 0 Å². The van der Waals surface area contributed by atoms with Gasteiger partial charge in [0.25, 0.3) is 0 Å². The Balaban J connectivity index is 1.80. The predicted octanol–water partition coefficient (Wildman–Crippen LogP) is 1.83. The minimum atomic E-state index is 0.0433. The summed E-state index contributed by atoms with van der Waals surface area (Å²) in [7, 11) is 0. The normalized spacial score (nSPS) is 38.6. The molecule has 1 aromatic heterocycles. The Morgan fingerprint density at radius 1 is 1.50 bits per heavy atom. The monoisotopic (exact) mass is 221 g/mol. The molecule has 0 bridgehead atoms. The van der Waals surface area contributed by atoms with E-state index in [1.54, 1.807) is 0 Å². The molecule has 88 valence electrons. The molecule has 2 heterocycles. The van der Waals surface area contributed by atoms with Crippen LogP contribution in [-0.4, -0.2) is 23.2 Å². The molecular weight excluding hydrogens is 202 g/mol. The zero-order chi connectivity index (χ0) is 11.2. The molecule has 1 N–H and O–H groups in total. The van der Waals surface area contributed by atoms with Gasteiger partial charge < -0.3 is 9.84 Å². The molecule has 1 aliphatic carbocycles. The lowest BCUT2D eigenvalue weighted by Crippen LogP contribution is -2.41. The van der Waals surface area contributed by atoms with Gasteiger partial charge in [0, 0.05) is 12.5 Å². The van der Waals surface area contributed by atoms with Gasteiger partial charge in [0.15, 0.2) is 5.82 Å². The molecule has 0 amide bonds. The number of aromatic nitrogens is 2. The topological polar surface area (TPSA) is 51.0 Å². The largest absolute Gasteiger partial charge is 0.339 e. The van der Waals surface area contributed by atoms with Crippen LogP contribution >= 0.6 is 0 Å². The zero-order valence-corrected chi connectivity index (χ0v) is 9.99. The van der Waals surface area contributed by atoms with Crippen LogP contribution in [-0.2, 0) is 5.41 Å². The van der Waals surface area contributed by atoms with Crippen molar-refractivity contribution in [1.82, 2.24) is 15.5 Å². The van der Waals surface area contributed by atoms with E-state index in [4.69, 9.17) is 4.52 Å². The summed E-state index contributed by atoms with van der Waals surface area (Å²) in [5.41, 5.74) is 0.0433. The third-order valence-corrected chi connectivity index (χ3v) is 4.00. The summed E-state index contributed by atoms with van der Waals surface area (Å²) in [5, 5.41) is 7.54. The van der Waals surface area contributed by atoms with Gasteiger partial charge in [0.2, 0.25) is 5.89 Å². The van der Waals surface area contributed by atoms with Crippen LogP contribution in [0.2, 0.25) is 0 Å². The minimum Gasteiger partial charge on any atom is -0.339 e. The van der Waals surface area contributed by atoms with Crippen LogP contribution in [0.25, 0.3) is 0 Å². The summed E-state index contributed by atoms with van der Waals surface area (Å²) in [6, 6.07) is 0. The van der Waals surface area contributed by atoms with Crippen molar-refractivity contribution in [3.05, 3.63) is 11.7 Å². The molecule has 0 spiro atoms. The first-order valence-electron chi connectivity index (χ1n) is 6.24. The highest BCUT2D eigenvalue weighted by molar-refractivity contribution is 5.12. The molecule has 4 heteroatoms. The summed E-state index contributed by atoms with van der Waals surface area (Å²) < 4.78 is 5.46. The van der Waals surface area contributed by atoms with Crippen molar-refractivity contribution in [2.75, 3.05) is 13.1 Å². The number of hydrogen-bond acceptors (Lipinski definition) is 4. The van der Waals surface area contributed by atoms with Crippen molar-refractivity contribution in [3.63, 3.8) is 0 Å². The lowest BCUT2D eigenvalue weighted by Gasteiger charge is -2.30. The molecule has 2 aliphatic rings. The Morgan fingerprint density at radius 2 is 2.31 bits per heavy atom. The maximum Gasteiger partial charge on any atom is 0.233 e. The van der Waals surface area contributed by atoms with Crippen LogP contribution in [0.4, 0.5) is 0 Å². The van der Waals surface area contributed by atoms with Gasteiger partial charge >= 0.3 is 0 Å². The van der Waals surface area contributed by atoms with Crippen LogP contribution < -0.4 is 5.32 Å². The maximum atomic E-state index is 5.46. The molecule has 16 heavy (non-hydrogen) atoms. The van der Waals surface area contributed by atoms with Gasteiger partial charge in [-0.05, 0) is 38.6 Å². The summed E-state index contributed by atoms with van der Waals surface area (Å²) >= 11 is 0. The zero-order valence-electron chi connectivity index (χ0n) is 9.99. The highest BCUT2D eigenvalue weighted by Gasteiger charge is 2.40. The van der Waals surface area contributed by atoms with E-state index in [0.717, 1.165) is 37.1 Å². The number of hydrogen-bond donors (Lipinski definition) is 1. The Morgan fingerprint density at radius 3 is 2.94 bits per heavy atom. The number of piperidine rings is 1. The average Bonchev–Trinajstić information content (AvgIpc) is 2.82. The fourth-order valence-electron chi connectivity index (χ4n) is 2.55. The second kappa shape index (κ2) is 3.55. The van der Waals surface area contributed by atoms with Crippen LogP contribution in [0.1, 0.15) is 50.7 Å². The molecule has 2 fully saturated rings. The van der Waals surface area contributed by atoms with E-state index in [-0.39, 0.29) is 5.41 Å². The molecule has 1 aromatic rings. The average molecular weight is 221 g/mol. The second-order valence-electron chi connectivity index (χ2n) is 5.62. The van der Waals surface area contributed by atoms with Crippen molar-refractivity contribution in [1.29, 1.82) is 0 Å². The molecule has 3 rings (SSSR count). The lowest BCUT2D eigenvalue weighted by molar-refractivity contribution is 0.244. The van der Waals surface area contributed by atoms with E-state index >= 15 is 0 Å². The molecule has 1 aliphatic heterocycles. The molecule has 0 aromatic carbocycles. The highest BCUT2D eigenvalue weighted by Crippen LogP contribution is 2.46. The van der Waals surface area contributed by atoms with E-state index in [2.05, 4.69) is 29.3 Å². The quantitative estimate of drug-likeness (QED) is 0.827. The van der Waals surface area contributed by atoms with Crippen molar-refractivity contribution in [2.24, 2.45) is 5.92 Å². The van der Waals surface area contributed by atoms with Gasteiger partial charge in [0.1, 0.15) is 0 Å². The Hall–Kier alpha value is -0.900. The molecule has 0 radical (unpaired) electrons. The Kier molecular flexibility index (Phi) is 2.28. The summed E-state index contributed by atoms with van der Waals surface area (Å²) in [6.07, 6.45) is 3.55. The van der Waals surface area contributed by atoms with Gasteiger partial charge in [-0.15, -0.1) is 0 Å². The molecular formula is C12H19N3O. The third kappa shape index (κ3) is 1.65. The van der Waals surface area contributed by atoms with Gasteiger partial charge in [-0.2, -0.15) is 4.98 Å². The highest BCUT2D eigenvalue weighted by atomic mass is 16.5.